The van der Waals surface area contributed by atoms with Gasteiger partial charge in [-0.25, -0.2) is 0 Å². The zero-order valence-corrected chi connectivity index (χ0v) is 14.0. The Bertz CT molecular complexity index is 498. The number of hydrogen-bond donors (Lipinski definition) is 1. The van der Waals surface area contributed by atoms with Crippen LogP contribution in [-0.4, -0.2) is 29.6 Å². The molecule has 1 aromatic heterocycles. The summed E-state index contributed by atoms with van der Waals surface area (Å²) in [4.78, 5) is 15.2. The highest BCUT2D eigenvalue weighted by Crippen LogP contribution is 2.19. The summed E-state index contributed by atoms with van der Waals surface area (Å²) in [7, 11) is 1.87. The fourth-order valence-electron chi connectivity index (χ4n) is 2.27. The summed E-state index contributed by atoms with van der Waals surface area (Å²) in [6.45, 7) is 4.74. The fourth-order valence-corrected chi connectivity index (χ4v) is 3.04. The SMILES string of the molecule is CCCCC(CC)C(=O)N(C)Cc1csc(C#CCO)c1. The molecular formula is C17H25NO2S. The van der Waals surface area contributed by atoms with Gasteiger partial charge >= 0.3 is 0 Å². The molecule has 1 N–H and O–H groups in total. The van der Waals surface area contributed by atoms with Crippen LogP contribution in [0.1, 0.15) is 50.0 Å². The summed E-state index contributed by atoms with van der Waals surface area (Å²) in [5.41, 5.74) is 1.10. The minimum absolute atomic E-state index is 0.124. The highest BCUT2D eigenvalue weighted by Gasteiger charge is 2.20. The number of carbonyl (C=O) groups excluding carboxylic acids is 1. The van der Waals surface area contributed by atoms with Crippen molar-refractivity contribution in [3.8, 4) is 11.8 Å². The minimum Gasteiger partial charge on any atom is -0.384 e. The predicted molar refractivity (Wildman–Crippen MR) is 88.1 cm³/mol. The lowest BCUT2D eigenvalue weighted by atomic mass is 9.98. The quantitative estimate of drug-likeness (QED) is 0.785. The third kappa shape index (κ3) is 5.91. The van der Waals surface area contributed by atoms with Crippen LogP contribution in [0.5, 0.6) is 0 Å². The van der Waals surface area contributed by atoms with Gasteiger partial charge in [0.2, 0.25) is 5.91 Å². The molecule has 1 unspecified atom stereocenters. The predicted octanol–water partition coefficient (Wildman–Crippen LogP) is 3.27. The Morgan fingerprint density at radius 1 is 1.48 bits per heavy atom. The van der Waals surface area contributed by atoms with E-state index in [1.54, 1.807) is 11.3 Å². The molecule has 1 rings (SSSR count). The van der Waals surface area contributed by atoms with Crippen molar-refractivity contribution < 1.29 is 9.90 Å². The molecule has 1 atom stereocenters. The van der Waals surface area contributed by atoms with E-state index in [-0.39, 0.29) is 18.4 Å². The molecule has 1 amide bonds. The molecule has 0 fully saturated rings. The number of aliphatic hydroxyl groups excluding tert-OH is 1. The molecule has 3 nitrogen and oxygen atoms in total. The smallest absolute Gasteiger partial charge is 0.225 e. The molecule has 116 valence electrons. The van der Waals surface area contributed by atoms with Gasteiger partial charge in [-0.1, -0.05) is 38.5 Å². The van der Waals surface area contributed by atoms with Crippen molar-refractivity contribution in [2.75, 3.05) is 13.7 Å². The van der Waals surface area contributed by atoms with Gasteiger partial charge in [-0.3, -0.25) is 4.79 Å². The number of nitrogens with zero attached hydrogens (tertiary/aromatic N) is 1. The molecule has 0 radical (unpaired) electrons. The second-order valence-electron chi connectivity index (χ2n) is 5.22. The topological polar surface area (TPSA) is 40.5 Å². The number of thiophene rings is 1. The Hall–Kier alpha value is -1.31. The van der Waals surface area contributed by atoms with Gasteiger partial charge in [0.1, 0.15) is 6.61 Å². The summed E-state index contributed by atoms with van der Waals surface area (Å²) >= 11 is 1.55. The zero-order valence-electron chi connectivity index (χ0n) is 13.2. The average Bonchev–Trinajstić information content (AvgIpc) is 2.93. The summed E-state index contributed by atoms with van der Waals surface area (Å²) in [6.07, 6.45) is 4.12. The molecular weight excluding hydrogens is 282 g/mol. The Balaban J connectivity index is 2.60. The van der Waals surface area contributed by atoms with Crippen molar-refractivity contribution in [3.63, 3.8) is 0 Å². The molecule has 0 aliphatic rings. The zero-order chi connectivity index (χ0) is 15.7. The van der Waals surface area contributed by atoms with Crippen molar-refractivity contribution in [2.45, 2.75) is 46.1 Å². The van der Waals surface area contributed by atoms with Crippen LogP contribution in [0, 0.1) is 17.8 Å². The van der Waals surface area contributed by atoms with Crippen molar-refractivity contribution in [1.82, 2.24) is 4.90 Å². The van der Waals surface area contributed by atoms with Crippen LogP contribution < -0.4 is 0 Å². The minimum atomic E-state index is -0.124. The Kier molecular flexibility index (Phi) is 8.11. The first kappa shape index (κ1) is 17.7. The van der Waals surface area contributed by atoms with E-state index in [9.17, 15) is 4.79 Å². The molecule has 4 heteroatoms. The standard InChI is InChI=1S/C17H25NO2S/c1-4-6-8-15(5-2)17(20)18(3)12-14-11-16(21-13-14)9-7-10-19/h11,13,15,19H,4-6,8,10,12H2,1-3H3. The lowest BCUT2D eigenvalue weighted by Crippen LogP contribution is -2.32. The van der Waals surface area contributed by atoms with E-state index in [2.05, 4.69) is 25.7 Å². The van der Waals surface area contributed by atoms with E-state index in [0.29, 0.717) is 6.54 Å². The maximum atomic E-state index is 12.4. The average molecular weight is 307 g/mol. The fraction of sp³-hybridized carbons (Fsp3) is 0.588. The monoisotopic (exact) mass is 307 g/mol. The Labute approximate surface area is 132 Å². The van der Waals surface area contributed by atoms with Crippen molar-refractivity contribution >= 4 is 17.2 Å². The molecule has 0 aliphatic heterocycles. The summed E-state index contributed by atoms with van der Waals surface area (Å²) < 4.78 is 0. The van der Waals surface area contributed by atoms with Gasteiger partial charge in [-0.2, -0.15) is 0 Å². The van der Waals surface area contributed by atoms with Crippen LogP contribution in [0.3, 0.4) is 0 Å². The van der Waals surface area contributed by atoms with Crippen molar-refractivity contribution in [3.05, 3.63) is 21.9 Å². The summed E-state index contributed by atoms with van der Waals surface area (Å²) in [5, 5.41) is 10.7. The Morgan fingerprint density at radius 3 is 2.86 bits per heavy atom. The molecule has 0 saturated carbocycles. The normalized spacial score (nSPS) is 11.6. The van der Waals surface area contributed by atoms with Gasteiger partial charge in [0.25, 0.3) is 0 Å². The molecule has 0 saturated heterocycles. The summed E-state index contributed by atoms with van der Waals surface area (Å²) in [6, 6.07) is 1.99. The van der Waals surface area contributed by atoms with Gasteiger partial charge in [0.05, 0.1) is 4.88 Å². The van der Waals surface area contributed by atoms with E-state index in [0.717, 1.165) is 36.1 Å². The van der Waals surface area contributed by atoms with Gasteiger partial charge in [0.15, 0.2) is 0 Å². The number of hydrogen-bond acceptors (Lipinski definition) is 3. The number of amides is 1. The van der Waals surface area contributed by atoms with Crippen LogP contribution >= 0.6 is 11.3 Å². The van der Waals surface area contributed by atoms with Crippen molar-refractivity contribution in [1.29, 1.82) is 0 Å². The van der Waals surface area contributed by atoms with E-state index in [1.165, 1.54) is 0 Å². The van der Waals surface area contributed by atoms with Crippen LogP contribution in [0.4, 0.5) is 0 Å². The van der Waals surface area contributed by atoms with Gasteiger partial charge < -0.3 is 10.0 Å². The van der Waals surface area contributed by atoms with Gasteiger partial charge in [0, 0.05) is 19.5 Å². The molecule has 0 bridgehead atoms. The van der Waals surface area contributed by atoms with Crippen LogP contribution in [0.2, 0.25) is 0 Å². The van der Waals surface area contributed by atoms with Crippen LogP contribution in [0.15, 0.2) is 11.4 Å². The molecule has 0 aromatic carbocycles. The number of aliphatic hydroxyl groups is 1. The van der Waals surface area contributed by atoms with Gasteiger partial charge in [-0.05, 0) is 29.9 Å². The van der Waals surface area contributed by atoms with Crippen LogP contribution in [0.25, 0.3) is 0 Å². The second kappa shape index (κ2) is 9.59. The van der Waals surface area contributed by atoms with E-state index >= 15 is 0 Å². The molecule has 0 aliphatic carbocycles. The maximum Gasteiger partial charge on any atom is 0.225 e. The second-order valence-corrected chi connectivity index (χ2v) is 6.13. The number of carbonyl (C=O) groups is 1. The first-order valence-corrected chi connectivity index (χ1v) is 8.42. The van der Waals surface area contributed by atoms with E-state index < -0.39 is 0 Å². The molecule has 21 heavy (non-hydrogen) atoms. The lowest BCUT2D eigenvalue weighted by molar-refractivity contribution is -0.135. The summed E-state index contributed by atoms with van der Waals surface area (Å²) in [5.74, 6) is 5.91. The molecule has 1 aromatic rings. The Morgan fingerprint density at radius 2 is 2.24 bits per heavy atom. The highest BCUT2D eigenvalue weighted by atomic mass is 32.1. The first-order chi connectivity index (χ1) is 10.1. The largest absolute Gasteiger partial charge is 0.384 e. The molecule has 1 heterocycles. The third-order valence-electron chi connectivity index (χ3n) is 3.49. The lowest BCUT2D eigenvalue weighted by Gasteiger charge is -2.22. The van der Waals surface area contributed by atoms with Crippen LogP contribution in [-0.2, 0) is 11.3 Å². The third-order valence-corrected chi connectivity index (χ3v) is 4.38. The van der Waals surface area contributed by atoms with Crippen molar-refractivity contribution in [2.24, 2.45) is 5.92 Å². The van der Waals surface area contributed by atoms with E-state index in [1.807, 2.05) is 23.4 Å². The molecule has 0 spiro atoms. The highest BCUT2D eigenvalue weighted by molar-refractivity contribution is 7.10. The van der Waals surface area contributed by atoms with Gasteiger partial charge in [-0.15, -0.1) is 11.3 Å². The number of rotatable bonds is 7. The van der Waals surface area contributed by atoms with E-state index in [4.69, 9.17) is 5.11 Å². The maximum absolute atomic E-state index is 12.4. The number of unbranched alkanes of at least 4 members (excludes halogenated alkanes) is 1. The first-order valence-electron chi connectivity index (χ1n) is 7.54.